The lowest BCUT2D eigenvalue weighted by molar-refractivity contribution is -0.118. The summed E-state index contributed by atoms with van der Waals surface area (Å²) in [5.41, 5.74) is 0. The monoisotopic (exact) mass is 257 g/mol. The molecule has 0 aliphatic heterocycles. The summed E-state index contributed by atoms with van der Waals surface area (Å²) in [5, 5.41) is 14.9. The molecule has 0 aliphatic rings. The minimum absolute atomic E-state index is 0.0240. The first-order valence-corrected chi connectivity index (χ1v) is 6.77. The number of amides is 1. The first kappa shape index (κ1) is 14.0. The molecule has 0 bridgehead atoms. The molecule has 1 aromatic rings. The van der Waals surface area contributed by atoms with Crippen molar-refractivity contribution in [3.05, 3.63) is 0 Å². The van der Waals surface area contributed by atoms with Gasteiger partial charge >= 0.3 is 0 Å². The summed E-state index contributed by atoms with van der Waals surface area (Å²) in [6.45, 7) is 7.72. The van der Waals surface area contributed by atoms with Crippen molar-refractivity contribution in [2.75, 3.05) is 12.3 Å². The van der Waals surface area contributed by atoms with Gasteiger partial charge in [0.2, 0.25) is 11.1 Å². The molecule has 1 N–H and O–H groups in total. The molecule has 1 rings (SSSR count). The van der Waals surface area contributed by atoms with Gasteiger partial charge in [0.05, 0.1) is 5.75 Å². The van der Waals surface area contributed by atoms with Crippen LogP contribution in [0.5, 0.6) is 0 Å². The average Bonchev–Trinajstić information content (AvgIpc) is 2.70. The molecule has 96 valence electrons. The van der Waals surface area contributed by atoms with Gasteiger partial charge < -0.3 is 5.32 Å². The first-order chi connectivity index (χ1) is 8.13. The summed E-state index contributed by atoms with van der Waals surface area (Å²) < 4.78 is 1.74. The second kappa shape index (κ2) is 7.26. The van der Waals surface area contributed by atoms with E-state index in [0.29, 0.717) is 16.8 Å². The van der Waals surface area contributed by atoms with Crippen molar-refractivity contribution in [1.29, 1.82) is 0 Å². The van der Waals surface area contributed by atoms with Crippen LogP contribution in [0.15, 0.2) is 5.16 Å². The van der Waals surface area contributed by atoms with Crippen LogP contribution < -0.4 is 5.32 Å². The Morgan fingerprint density at radius 3 is 2.94 bits per heavy atom. The zero-order chi connectivity index (χ0) is 12.7. The molecular formula is C10H19N5OS. The standard InChI is InChI=1S/C10H19N5OS/c1-4-5-11-9(16)7-17-10-12-13-14-15(10)6-8(2)3/h8H,4-7H2,1-3H3,(H,11,16). The molecule has 0 radical (unpaired) electrons. The molecule has 1 heterocycles. The molecule has 17 heavy (non-hydrogen) atoms. The second-order valence-electron chi connectivity index (χ2n) is 4.18. The van der Waals surface area contributed by atoms with Crippen LogP contribution in [0, 0.1) is 5.92 Å². The lowest BCUT2D eigenvalue weighted by atomic mass is 10.2. The first-order valence-electron chi connectivity index (χ1n) is 5.79. The summed E-state index contributed by atoms with van der Waals surface area (Å²) in [6, 6.07) is 0. The van der Waals surface area contributed by atoms with E-state index in [2.05, 4.69) is 34.7 Å². The van der Waals surface area contributed by atoms with Crippen LogP contribution >= 0.6 is 11.8 Å². The van der Waals surface area contributed by atoms with E-state index >= 15 is 0 Å². The maximum atomic E-state index is 11.4. The summed E-state index contributed by atoms with van der Waals surface area (Å²) >= 11 is 1.37. The fourth-order valence-corrected chi connectivity index (χ4v) is 1.92. The SMILES string of the molecule is CCCNC(=O)CSc1nnnn1CC(C)C. The quantitative estimate of drug-likeness (QED) is 0.736. The van der Waals surface area contributed by atoms with Crippen LogP contribution in [0.4, 0.5) is 0 Å². The number of thioether (sulfide) groups is 1. The summed E-state index contributed by atoms with van der Waals surface area (Å²) in [7, 11) is 0. The predicted molar refractivity (Wildman–Crippen MR) is 66.7 cm³/mol. The van der Waals surface area contributed by atoms with Crippen LogP contribution in [0.1, 0.15) is 27.2 Å². The highest BCUT2D eigenvalue weighted by atomic mass is 32.2. The number of tetrazole rings is 1. The number of hydrogen-bond donors (Lipinski definition) is 1. The Labute approximate surface area is 106 Å². The maximum Gasteiger partial charge on any atom is 0.230 e. The Hall–Kier alpha value is -1.11. The Kier molecular flexibility index (Phi) is 5.96. The fourth-order valence-electron chi connectivity index (χ4n) is 1.21. The smallest absolute Gasteiger partial charge is 0.230 e. The third-order valence-electron chi connectivity index (χ3n) is 1.94. The van der Waals surface area contributed by atoms with Gasteiger partial charge in [0.25, 0.3) is 0 Å². The highest BCUT2D eigenvalue weighted by molar-refractivity contribution is 7.99. The highest BCUT2D eigenvalue weighted by Gasteiger charge is 2.10. The van der Waals surface area contributed by atoms with Crippen molar-refractivity contribution in [1.82, 2.24) is 25.5 Å². The van der Waals surface area contributed by atoms with Gasteiger partial charge in [0, 0.05) is 13.1 Å². The molecule has 6 nitrogen and oxygen atoms in total. The third kappa shape index (κ3) is 5.16. The molecule has 1 amide bonds. The van der Waals surface area contributed by atoms with Gasteiger partial charge in [-0.2, -0.15) is 0 Å². The van der Waals surface area contributed by atoms with Crippen molar-refractivity contribution >= 4 is 17.7 Å². The minimum Gasteiger partial charge on any atom is -0.355 e. The van der Waals surface area contributed by atoms with Gasteiger partial charge in [-0.1, -0.05) is 32.5 Å². The molecule has 0 atom stereocenters. The van der Waals surface area contributed by atoms with Crippen LogP contribution in [0.25, 0.3) is 0 Å². The lowest BCUT2D eigenvalue weighted by Gasteiger charge is -2.06. The van der Waals surface area contributed by atoms with Crippen LogP contribution in [-0.4, -0.2) is 38.4 Å². The van der Waals surface area contributed by atoms with E-state index < -0.39 is 0 Å². The molecule has 0 unspecified atom stereocenters. The van der Waals surface area contributed by atoms with E-state index in [-0.39, 0.29) is 5.91 Å². The molecule has 7 heteroatoms. The number of nitrogens with zero attached hydrogens (tertiary/aromatic N) is 4. The minimum atomic E-state index is 0.0240. The van der Waals surface area contributed by atoms with E-state index in [0.717, 1.165) is 19.5 Å². The zero-order valence-corrected chi connectivity index (χ0v) is 11.3. The number of aromatic nitrogens is 4. The molecular weight excluding hydrogens is 238 g/mol. The van der Waals surface area contributed by atoms with Gasteiger partial charge in [-0.25, -0.2) is 4.68 Å². The number of carbonyl (C=O) groups excluding carboxylic acids is 1. The largest absolute Gasteiger partial charge is 0.355 e. The van der Waals surface area contributed by atoms with Crippen molar-refractivity contribution in [3.8, 4) is 0 Å². The predicted octanol–water partition coefficient (Wildman–Crippen LogP) is 0.947. The normalized spacial score (nSPS) is 10.8. The highest BCUT2D eigenvalue weighted by Crippen LogP contribution is 2.14. The van der Waals surface area contributed by atoms with Crippen molar-refractivity contribution in [2.45, 2.75) is 38.9 Å². The van der Waals surface area contributed by atoms with Gasteiger partial charge in [0.15, 0.2) is 0 Å². The number of hydrogen-bond acceptors (Lipinski definition) is 5. The van der Waals surface area contributed by atoms with Crippen LogP contribution in [0.3, 0.4) is 0 Å². The van der Waals surface area contributed by atoms with Crippen molar-refractivity contribution in [3.63, 3.8) is 0 Å². The van der Waals surface area contributed by atoms with Crippen LogP contribution in [-0.2, 0) is 11.3 Å². The van der Waals surface area contributed by atoms with Crippen molar-refractivity contribution < 1.29 is 4.79 Å². The Bertz CT molecular complexity index is 352. The summed E-state index contributed by atoms with van der Waals surface area (Å²) in [6.07, 6.45) is 0.946. The molecule has 0 aromatic carbocycles. The van der Waals surface area contributed by atoms with Crippen molar-refractivity contribution in [2.24, 2.45) is 5.92 Å². The fraction of sp³-hybridized carbons (Fsp3) is 0.800. The van der Waals surface area contributed by atoms with Gasteiger partial charge in [-0.3, -0.25) is 4.79 Å². The summed E-state index contributed by atoms with van der Waals surface area (Å²) in [5.74, 6) is 0.862. The van der Waals surface area contributed by atoms with Crippen LogP contribution in [0.2, 0.25) is 0 Å². The third-order valence-corrected chi connectivity index (χ3v) is 2.90. The molecule has 1 aromatic heterocycles. The molecule has 0 saturated heterocycles. The van der Waals surface area contributed by atoms with E-state index in [9.17, 15) is 4.79 Å². The van der Waals surface area contributed by atoms with Gasteiger partial charge in [-0.05, 0) is 22.8 Å². The number of nitrogens with one attached hydrogen (secondary N) is 1. The molecule has 0 saturated carbocycles. The van der Waals surface area contributed by atoms with E-state index in [4.69, 9.17) is 0 Å². The van der Waals surface area contributed by atoms with Gasteiger partial charge in [-0.15, -0.1) is 5.10 Å². The van der Waals surface area contributed by atoms with Gasteiger partial charge in [0.1, 0.15) is 0 Å². The zero-order valence-electron chi connectivity index (χ0n) is 10.5. The van der Waals surface area contributed by atoms with E-state index in [1.54, 1.807) is 4.68 Å². The number of rotatable bonds is 7. The summed E-state index contributed by atoms with van der Waals surface area (Å²) in [4.78, 5) is 11.4. The Morgan fingerprint density at radius 1 is 1.53 bits per heavy atom. The average molecular weight is 257 g/mol. The lowest BCUT2D eigenvalue weighted by Crippen LogP contribution is -2.25. The molecule has 0 fully saturated rings. The van der Waals surface area contributed by atoms with E-state index in [1.807, 2.05) is 6.92 Å². The van der Waals surface area contributed by atoms with E-state index in [1.165, 1.54) is 11.8 Å². The Balaban J connectivity index is 2.40. The molecule has 0 aliphatic carbocycles. The maximum absolute atomic E-state index is 11.4. The Morgan fingerprint density at radius 2 is 2.29 bits per heavy atom. The topological polar surface area (TPSA) is 72.7 Å². The number of carbonyl (C=O) groups is 1. The second-order valence-corrected chi connectivity index (χ2v) is 5.12. The molecule has 0 spiro atoms.